The van der Waals surface area contributed by atoms with Gasteiger partial charge in [0.15, 0.2) is 0 Å². The molecule has 0 saturated heterocycles. The number of anilines is 1. The van der Waals surface area contributed by atoms with E-state index in [1.54, 1.807) is 18.2 Å². The molecule has 10 heteroatoms. The normalized spacial score (nSPS) is 11.5. The molecule has 0 atom stereocenters. The maximum absolute atomic E-state index is 13.5. The number of aryl methyl sites for hydroxylation is 1. The summed E-state index contributed by atoms with van der Waals surface area (Å²) in [5.41, 5.74) is 1.35. The van der Waals surface area contributed by atoms with Gasteiger partial charge in [-0.05, 0) is 56.0 Å². The van der Waals surface area contributed by atoms with E-state index in [9.17, 15) is 19.2 Å². The van der Waals surface area contributed by atoms with Gasteiger partial charge in [-0.15, -0.1) is 5.10 Å². The van der Waals surface area contributed by atoms with Crippen LogP contribution < -0.4 is 21.9 Å². The maximum atomic E-state index is 13.5. The summed E-state index contributed by atoms with van der Waals surface area (Å²) in [4.78, 5) is 52.5. The second-order valence-corrected chi connectivity index (χ2v) is 9.80. The number of carbonyl (C=O) groups excluding carboxylic acids is 2. The first kappa shape index (κ1) is 25.9. The molecule has 2 amide bonds. The number of amides is 2. The molecule has 2 aromatic carbocycles. The molecule has 0 aliphatic rings. The van der Waals surface area contributed by atoms with Crippen molar-refractivity contribution in [2.75, 3.05) is 5.32 Å². The third-order valence-electron chi connectivity index (χ3n) is 5.97. The first-order valence-corrected chi connectivity index (χ1v) is 12.5. The van der Waals surface area contributed by atoms with Crippen LogP contribution in [0.1, 0.15) is 50.5 Å². The van der Waals surface area contributed by atoms with E-state index in [0.29, 0.717) is 17.8 Å². The van der Waals surface area contributed by atoms with Gasteiger partial charge in [-0.1, -0.05) is 39.0 Å². The molecule has 4 aromatic rings. The van der Waals surface area contributed by atoms with E-state index in [-0.39, 0.29) is 46.7 Å². The third kappa shape index (κ3) is 5.18. The lowest BCUT2D eigenvalue weighted by atomic mass is 10.1. The molecule has 4 rings (SSSR count). The number of aromatic nitrogens is 4. The number of benzene rings is 2. The quantitative estimate of drug-likeness (QED) is 0.382. The van der Waals surface area contributed by atoms with Gasteiger partial charge in [-0.3, -0.25) is 19.0 Å². The molecule has 2 aromatic heterocycles. The molecule has 2 heterocycles. The van der Waals surface area contributed by atoms with Crippen molar-refractivity contribution < 1.29 is 9.59 Å². The fourth-order valence-electron chi connectivity index (χ4n) is 4.31. The summed E-state index contributed by atoms with van der Waals surface area (Å²) in [6, 6.07) is 12.0. The maximum Gasteiger partial charge on any atom is 0.352 e. The van der Waals surface area contributed by atoms with Crippen LogP contribution in [0.15, 0.2) is 52.1 Å². The summed E-state index contributed by atoms with van der Waals surface area (Å²) < 4.78 is 3.80. The number of hydrogen-bond donors (Lipinski definition) is 2. The Morgan fingerprint density at radius 2 is 1.76 bits per heavy atom. The highest BCUT2D eigenvalue weighted by molar-refractivity contribution is 5.98. The van der Waals surface area contributed by atoms with E-state index >= 15 is 0 Å². The van der Waals surface area contributed by atoms with Crippen LogP contribution >= 0.6 is 0 Å². The van der Waals surface area contributed by atoms with Crippen LogP contribution in [-0.2, 0) is 24.3 Å². The Kier molecular flexibility index (Phi) is 7.28. The van der Waals surface area contributed by atoms with Crippen molar-refractivity contribution in [2.24, 2.45) is 5.92 Å². The van der Waals surface area contributed by atoms with Gasteiger partial charge in [0, 0.05) is 23.8 Å². The first-order chi connectivity index (χ1) is 17.6. The van der Waals surface area contributed by atoms with Crippen molar-refractivity contribution >= 4 is 34.2 Å². The van der Waals surface area contributed by atoms with E-state index in [1.807, 2.05) is 52.8 Å². The van der Waals surface area contributed by atoms with Crippen molar-refractivity contribution in [3.63, 3.8) is 0 Å². The van der Waals surface area contributed by atoms with Gasteiger partial charge in [0.1, 0.15) is 6.54 Å². The van der Waals surface area contributed by atoms with Crippen molar-refractivity contribution in [2.45, 2.75) is 60.2 Å². The first-order valence-electron chi connectivity index (χ1n) is 12.5. The van der Waals surface area contributed by atoms with E-state index < -0.39 is 11.6 Å². The Labute approximate surface area is 213 Å². The zero-order chi connectivity index (χ0) is 26.9. The lowest BCUT2D eigenvalue weighted by molar-refractivity contribution is -0.117. The zero-order valence-corrected chi connectivity index (χ0v) is 21.7. The van der Waals surface area contributed by atoms with Crippen LogP contribution in [0.2, 0.25) is 0 Å². The lowest BCUT2D eigenvalue weighted by Gasteiger charge is -2.13. The van der Waals surface area contributed by atoms with Gasteiger partial charge in [0.05, 0.1) is 10.9 Å². The highest BCUT2D eigenvalue weighted by Gasteiger charge is 2.21. The summed E-state index contributed by atoms with van der Waals surface area (Å²) >= 11 is 0. The second kappa shape index (κ2) is 10.4. The van der Waals surface area contributed by atoms with Crippen LogP contribution in [0.3, 0.4) is 0 Å². The molecule has 0 aliphatic heterocycles. The van der Waals surface area contributed by atoms with Crippen molar-refractivity contribution in [3.05, 3.63) is 74.4 Å². The van der Waals surface area contributed by atoms with Gasteiger partial charge >= 0.3 is 5.69 Å². The number of nitrogens with one attached hydrogen (secondary N) is 2. The molecule has 0 fully saturated rings. The minimum Gasteiger partial charge on any atom is -0.350 e. The summed E-state index contributed by atoms with van der Waals surface area (Å²) in [7, 11) is 0. The minimum absolute atomic E-state index is 0.0796. The monoisotopic (exact) mass is 504 g/mol. The zero-order valence-electron chi connectivity index (χ0n) is 21.7. The summed E-state index contributed by atoms with van der Waals surface area (Å²) in [6.45, 7) is 9.61. The van der Waals surface area contributed by atoms with Crippen LogP contribution in [0.25, 0.3) is 16.7 Å². The predicted octanol–water partition coefficient (Wildman–Crippen LogP) is 2.81. The number of para-hydroxylation sites is 1. The Morgan fingerprint density at radius 1 is 1.03 bits per heavy atom. The van der Waals surface area contributed by atoms with Gasteiger partial charge in [-0.2, -0.15) is 0 Å². The van der Waals surface area contributed by atoms with Crippen molar-refractivity contribution in [3.8, 4) is 0 Å². The second-order valence-electron chi connectivity index (χ2n) is 9.80. The molecule has 0 bridgehead atoms. The standard InChI is InChI=1S/C27H32N6O4/c1-6-18-9-7-8-10-21(18)29-23(34)15-32-27(37)33-22-13-19(24(35)28-17(4)5)11-12-20(22)25(36)31(14-16(2)3)26(33)30-32/h7-13,16-17H,6,14-15H2,1-5H3,(H,28,35)(H,29,34). The molecule has 0 aliphatic carbocycles. The Bertz CT molecular complexity index is 1610. The number of hydrogen-bond acceptors (Lipinski definition) is 5. The number of fused-ring (bicyclic) bond motifs is 3. The fourth-order valence-corrected chi connectivity index (χ4v) is 4.31. The number of rotatable bonds is 8. The van der Waals surface area contributed by atoms with Gasteiger partial charge in [0.2, 0.25) is 11.7 Å². The molecule has 2 N–H and O–H groups in total. The van der Waals surface area contributed by atoms with Gasteiger partial charge in [-0.25, -0.2) is 13.9 Å². The molecule has 37 heavy (non-hydrogen) atoms. The fraction of sp³-hybridized carbons (Fsp3) is 0.370. The average Bonchev–Trinajstić information content (AvgIpc) is 3.16. The summed E-state index contributed by atoms with van der Waals surface area (Å²) in [5, 5.41) is 10.3. The summed E-state index contributed by atoms with van der Waals surface area (Å²) in [5.74, 6) is -0.500. The van der Waals surface area contributed by atoms with Crippen LogP contribution in [-0.4, -0.2) is 36.6 Å². The van der Waals surface area contributed by atoms with E-state index in [1.165, 1.54) is 15.0 Å². The third-order valence-corrected chi connectivity index (χ3v) is 5.97. The smallest absolute Gasteiger partial charge is 0.350 e. The van der Waals surface area contributed by atoms with E-state index in [2.05, 4.69) is 15.7 Å². The molecule has 0 saturated carbocycles. The van der Waals surface area contributed by atoms with Crippen LogP contribution in [0.5, 0.6) is 0 Å². The number of carbonyl (C=O) groups is 2. The van der Waals surface area contributed by atoms with Crippen LogP contribution in [0.4, 0.5) is 5.69 Å². The highest BCUT2D eigenvalue weighted by atomic mass is 16.2. The molecule has 0 spiro atoms. The average molecular weight is 505 g/mol. The minimum atomic E-state index is -0.571. The largest absolute Gasteiger partial charge is 0.352 e. The topological polar surface area (TPSA) is 120 Å². The Hall–Kier alpha value is -4.21. The number of nitrogens with zero attached hydrogens (tertiary/aromatic N) is 4. The van der Waals surface area contributed by atoms with Crippen molar-refractivity contribution in [1.82, 2.24) is 24.1 Å². The van der Waals surface area contributed by atoms with Gasteiger partial charge in [0.25, 0.3) is 11.5 Å². The summed E-state index contributed by atoms with van der Waals surface area (Å²) in [6.07, 6.45) is 0.741. The molecule has 10 nitrogen and oxygen atoms in total. The molecule has 0 radical (unpaired) electrons. The molecule has 0 unspecified atom stereocenters. The lowest BCUT2D eigenvalue weighted by Crippen LogP contribution is -2.31. The van der Waals surface area contributed by atoms with Crippen molar-refractivity contribution in [1.29, 1.82) is 0 Å². The Balaban J connectivity index is 1.85. The Morgan fingerprint density at radius 3 is 2.43 bits per heavy atom. The molecule has 194 valence electrons. The SMILES string of the molecule is CCc1ccccc1NC(=O)Cn1nc2n(CC(C)C)c(=O)c3ccc(C(=O)NC(C)C)cc3n2c1=O. The molecular formula is C27H32N6O4. The highest BCUT2D eigenvalue weighted by Crippen LogP contribution is 2.17. The van der Waals surface area contributed by atoms with Crippen LogP contribution in [0, 0.1) is 5.92 Å². The predicted molar refractivity (Wildman–Crippen MR) is 143 cm³/mol. The van der Waals surface area contributed by atoms with Gasteiger partial charge < -0.3 is 10.6 Å². The van der Waals surface area contributed by atoms with E-state index in [0.717, 1.165) is 16.7 Å². The van der Waals surface area contributed by atoms with E-state index in [4.69, 9.17) is 0 Å². The molecular weight excluding hydrogens is 472 g/mol.